The van der Waals surface area contributed by atoms with E-state index >= 15 is 0 Å². The predicted octanol–water partition coefficient (Wildman–Crippen LogP) is 3.36. The molecule has 0 unspecified atom stereocenters. The first kappa shape index (κ1) is 17.0. The second-order valence-corrected chi connectivity index (χ2v) is 8.12. The summed E-state index contributed by atoms with van der Waals surface area (Å²) in [6.45, 7) is 1.98. The van der Waals surface area contributed by atoms with E-state index in [9.17, 15) is 4.79 Å². The fourth-order valence-corrected chi connectivity index (χ4v) is 4.08. The lowest BCUT2D eigenvalue weighted by Gasteiger charge is -2.08. The number of aryl methyl sites for hydroxylation is 1. The zero-order chi connectivity index (χ0) is 18.1. The topological polar surface area (TPSA) is 98.7 Å². The number of nitrogens with two attached hydrogens (primary N) is 1. The van der Waals surface area contributed by atoms with Gasteiger partial charge in [-0.05, 0) is 31.9 Å². The summed E-state index contributed by atoms with van der Waals surface area (Å²) in [5.74, 6) is 0.581. The lowest BCUT2D eigenvalue weighted by atomic mass is 10.1. The molecule has 1 aliphatic carbocycles. The first-order valence-corrected chi connectivity index (χ1v) is 10.1. The molecule has 0 radical (unpaired) electrons. The minimum Gasteiger partial charge on any atom is -0.368 e. The van der Waals surface area contributed by atoms with Crippen molar-refractivity contribution in [2.24, 2.45) is 0 Å². The van der Waals surface area contributed by atoms with Crippen LogP contribution in [0.15, 0.2) is 34.8 Å². The maximum Gasteiger partial charge on any atom is 0.234 e. The Morgan fingerprint density at radius 1 is 1.42 bits per heavy atom. The Kier molecular flexibility index (Phi) is 4.64. The number of hydrogen-bond acceptors (Lipinski definition) is 7. The summed E-state index contributed by atoms with van der Waals surface area (Å²) in [6, 6.07) is 8.09. The van der Waals surface area contributed by atoms with E-state index in [2.05, 4.69) is 20.5 Å². The lowest BCUT2D eigenvalue weighted by molar-refractivity contribution is -0.113. The zero-order valence-corrected chi connectivity index (χ0v) is 15.8. The average molecular weight is 387 g/mol. The second kappa shape index (κ2) is 7.08. The molecule has 2 aromatic heterocycles. The number of aromatic nitrogens is 4. The van der Waals surface area contributed by atoms with Crippen molar-refractivity contribution in [1.82, 2.24) is 19.7 Å². The second-order valence-electron chi connectivity index (χ2n) is 6.11. The number of anilines is 2. The van der Waals surface area contributed by atoms with Gasteiger partial charge in [0, 0.05) is 22.7 Å². The van der Waals surface area contributed by atoms with Crippen molar-refractivity contribution >= 4 is 40.6 Å². The van der Waals surface area contributed by atoms with Gasteiger partial charge in [-0.1, -0.05) is 23.9 Å². The van der Waals surface area contributed by atoms with E-state index in [4.69, 9.17) is 5.73 Å². The Morgan fingerprint density at radius 3 is 3.00 bits per heavy atom. The molecule has 1 aliphatic rings. The van der Waals surface area contributed by atoms with Crippen LogP contribution in [-0.2, 0) is 4.79 Å². The Labute approximate surface area is 159 Å². The van der Waals surface area contributed by atoms with Gasteiger partial charge < -0.3 is 11.1 Å². The van der Waals surface area contributed by atoms with Crippen molar-refractivity contribution in [1.29, 1.82) is 0 Å². The summed E-state index contributed by atoms with van der Waals surface area (Å²) in [6.07, 6.45) is 2.18. The Bertz CT molecular complexity index is 946. The minimum atomic E-state index is -0.0921. The maximum absolute atomic E-state index is 12.3. The summed E-state index contributed by atoms with van der Waals surface area (Å²) in [5.41, 5.74) is 8.52. The number of benzene rings is 1. The van der Waals surface area contributed by atoms with Crippen LogP contribution in [0, 0.1) is 6.92 Å². The van der Waals surface area contributed by atoms with Gasteiger partial charge in [0.1, 0.15) is 0 Å². The van der Waals surface area contributed by atoms with Gasteiger partial charge in [-0.3, -0.25) is 9.36 Å². The lowest BCUT2D eigenvalue weighted by Crippen LogP contribution is -2.14. The van der Waals surface area contributed by atoms with Crippen LogP contribution in [0.5, 0.6) is 0 Å². The van der Waals surface area contributed by atoms with Crippen LogP contribution >= 0.6 is 23.1 Å². The Hall–Kier alpha value is -2.39. The van der Waals surface area contributed by atoms with E-state index < -0.39 is 0 Å². The van der Waals surface area contributed by atoms with Crippen LogP contribution in [-0.4, -0.2) is 31.4 Å². The van der Waals surface area contributed by atoms with Gasteiger partial charge in [0.05, 0.1) is 16.5 Å². The molecule has 134 valence electrons. The molecule has 0 spiro atoms. The van der Waals surface area contributed by atoms with Gasteiger partial charge in [0.15, 0.2) is 5.16 Å². The summed E-state index contributed by atoms with van der Waals surface area (Å²) in [4.78, 5) is 16.8. The molecule has 1 saturated carbocycles. The molecular formula is C17H18N6OS2. The molecule has 2 heterocycles. The Balaban J connectivity index is 1.39. The van der Waals surface area contributed by atoms with Crippen molar-refractivity contribution in [2.45, 2.75) is 31.0 Å². The number of hydrogen-bond donors (Lipinski definition) is 2. The van der Waals surface area contributed by atoms with Crippen LogP contribution in [0.1, 0.15) is 23.9 Å². The van der Waals surface area contributed by atoms with E-state index in [1.54, 1.807) is 11.3 Å². The highest BCUT2D eigenvalue weighted by Crippen LogP contribution is 2.39. The minimum absolute atomic E-state index is 0.0921. The maximum atomic E-state index is 12.3. The molecule has 1 fully saturated rings. The van der Waals surface area contributed by atoms with Crippen molar-refractivity contribution in [2.75, 3.05) is 16.8 Å². The van der Waals surface area contributed by atoms with Crippen LogP contribution in [0.2, 0.25) is 0 Å². The molecule has 26 heavy (non-hydrogen) atoms. The number of carbonyl (C=O) groups excluding carboxylic acids is 1. The molecule has 9 heteroatoms. The molecule has 4 rings (SSSR count). The summed E-state index contributed by atoms with van der Waals surface area (Å²) < 4.78 is 1.92. The van der Waals surface area contributed by atoms with Gasteiger partial charge in [-0.15, -0.1) is 21.5 Å². The molecule has 0 atom stereocenters. The van der Waals surface area contributed by atoms with E-state index in [-0.39, 0.29) is 11.7 Å². The average Bonchev–Trinajstić information content (AvgIpc) is 3.25. The van der Waals surface area contributed by atoms with Gasteiger partial charge in [-0.2, -0.15) is 0 Å². The first-order chi connectivity index (χ1) is 12.6. The molecule has 3 N–H and O–H groups in total. The van der Waals surface area contributed by atoms with Crippen LogP contribution in [0.3, 0.4) is 0 Å². The number of nitrogens with zero attached hydrogens (tertiary/aromatic N) is 4. The van der Waals surface area contributed by atoms with E-state index in [0.717, 1.165) is 34.8 Å². The number of carbonyl (C=O) groups is 1. The number of thioether (sulfide) groups is 1. The van der Waals surface area contributed by atoms with Crippen molar-refractivity contribution in [3.8, 4) is 11.3 Å². The molecule has 1 amide bonds. The third-order valence-corrected chi connectivity index (χ3v) is 5.71. The highest BCUT2D eigenvalue weighted by Gasteiger charge is 2.29. The number of nitrogen functional groups attached to an aromatic ring is 1. The summed E-state index contributed by atoms with van der Waals surface area (Å²) in [7, 11) is 0. The monoisotopic (exact) mass is 386 g/mol. The number of nitrogens with one attached hydrogen (secondary N) is 1. The quantitative estimate of drug-likeness (QED) is 0.630. The largest absolute Gasteiger partial charge is 0.368 e. The van der Waals surface area contributed by atoms with E-state index in [1.807, 2.05) is 41.1 Å². The van der Waals surface area contributed by atoms with Crippen molar-refractivity contribution in [3.05, 3.63) is 34.7 Å². The molecule has 1 aromatic carbocycles. The van der Waals surface area contributed by atoms with Crippen LogP contribution in [0.4, 0.5) is 11.6 Å². The highest BCUT2D eigenvalue weighted by atomic mass is 32.2. The molecular weight excluding hydrogens is 368 g/mol. The Morgan fingerprint density at radius 2 is 2.27 bits per heavy atom. The van der Waals surface area contributed by atoms with Crippen LogP contribution in [0.25, 0.3) is 11.3 Å². The SMILES string of the molecule is Cc1nc(-c2cccc(NC(=O)CSc3nnc(N)n3C3CC3)c2)cs1. The van der Waals surface area contributed by atoms with Crippen molar-refractivity contribution < 1.29 is 4.79 Å². The first-order valence-electron chi connectivity index (χ1n) is 8.26. The van der Waals surface area contributed by atoms with Gasteiger partial charge in [0.25, 0.3) is 0 Å². The van der Waals surface area contributed by atoms with E-state index in [0.29, 0.717) is 17.1 Å². The summed E-state index contributed by atoms with van der Waals surface area (Å²) >= 11 is 2.96. The molecule has 0 aliphatic heterocycles. The third-order valence-electron chi connectivity index (χ3n) is 4.00. The summed E-state index contributed by atoms with van der Waals surface area (Å²) in [5, 5.41) is 14.7. The smallest absolute Gasteiger partial charge is 0.234 e. The molecule has 0 bridgehead atoms. The predicted molar refractivity (Wildman–Crippen MR) is 104 cm³/mol. The molecule has 0 saturated heterocycles. The number of amides is 1. The normalized spacial score (nSPS) is 13.7. The molecule has 7 nitrogen and oxygen atoms in total. The van der Waals surface area contributed by atoms with Crippen molar-refractivity contribution in [3.63, 3.8) is 0 Å². The number of thiazole rings is 1. The standard InChI is InChI=1S/C17H18N6OS2/c1-10-19-14(8-25-10)11-3-2-4-12(7-11)20-15(24)9-26-17-22-21-16(18)23(17)13-5-6-13/h2-4,7-8,13H,5-6,9H2,1H3,(H2,18,21)(H,20,24). The molecule has 3 aromatic rings. The third kappa shape index (κ3) is 3.73. The van der Waals surface area contributed by atoms with E-state index in [1.165, 1.54) is 11.8 Å². The fraction of sp³-hybridized carbons (Fsp3) is 0.294. The highest BCUT2D eigenvalue weighted by molar-refractivity contribution is 7.99. The zero-order valence-electron chi connectivity index (χ0n) is 14.2. The van der Waals surface area contributed by atoms with Crippen LogP contribution < -0.4 is 11.1 Å². The van der Waals surface area contributed by atoms with Gasteiger partial charge in [0.2, 0.25) is 11.9 Å². The number of rotatable bonds is 6. The van der Waals surface area contributed by atoms with Gasteiger partial charge in [-0.25, -0.2) is 4.98 Å². The van der Waals surface area contributed by atoms with Gasteiger partial charge >= 0.3 is 0 Å². The fourth-order valence-electron chi connectivity index (χ4n) is 2.64.